The summed E-state index contributed by atoms with van der Waals surface area (Å²) >= 11 is 0. The summed E-state index contributed by atoms with van der Waals surface area (Å²) in [6.45, 7) is 3.85. The number of carbonyl (C=O) groups excluding carboxylic acids is 4. The van der Waals surface area contributed by atoms with Crippen LogP contribution in [0.3, 0.4) is 0 Å². The van der Waals surface area contributed by atoms with Crippen LogP contribution in [0.2, 0.25) is 0 Å². The van der Waals surface area contributed by atoms with Gasteiger partial charge in [-0.25, -0.2) is 9.78 Å². The molecule has 212 valence electrons. The monoisotopic (exact) mass is 538 g/mol. The van der Waals surface area contributed by atoms with Gasteiger partial charge >= 0.3 is 5.97 Å². The van der Waals surface area contributed by atoms with Crippen molar-refractivity contribution >= 4 is 35.6 Å². The first kappa shape index (κ1) is 31.8. The predicted octanol–water partition coefficient (Wildman–Crippen LogP) is -3.21. The summed E-state index contributed by atoms with van der Waals surface area (Å²) in [7, 11) is 0. The van der Waals surface area contributed by atoms with Gasteiger partial charge < -0.3 is 49.0 Å². The maximum Gasteiger partial charge on any atom is 0.326 e. The van der Waals surface area contributed by atoms with Gasteiger partial charge in [0.25, 0.3) is 0 Å². The number of aliphatic carboxylic acids is 1. The highest BCUT2D eigenvalue weighted by Gasteiger charge is 2.31. The number of rotatable bonds is 17. The number of H-pyrrole nitrogens is 1. The average Bonchev–Trinajstić information content (AvgIpc) is 3.32. The van der Waals surface area contributed by atoms with Gasteiger partial charge in [-0.2, -0.15) is 0 Å². The number of primary amides is 1. The molecule has 4 amide bonds. The van der Waals surface area contributed by atoms with Crippen molar-refractivity contribution in [3.8, 4) is 0 Å². The molecule has 4 atom stereocenters. The largest absolute Gasteiger partial charge is 0.480 e. The minimum absolute atomic E-state index is 0.0646. The highest BCUT2D eigenvalue weighted by Crippen LogP contribution is 2.08. The van der Waals surface area contributed by atoms with Crippen LogP contribution in [0, 0.1) is 5.92 Å². The first-order valence-electron chi connectivity index (χ1n) is 12.0. The highest BCUT2D eigenvalue weighted by molar-refractivity contribution is 5.96. The summed E-state index contributed by atoms with van der Waals surface area (Å²) in [4.78, 5) is 72.2. The van der Waals surface area contributed by atoms with Gasteiger partial charge in [0.15, 0.2) is 5.96 Å². The average molecular weight is 539 g/mol. The van der Waals surface area contributed by atoms with E-state index < -0.39 is 60.2 Å². The molecular weight excluding hydrogens is 500 g/mol. The number of guanidine groups is 1. The number of aliphatic imine (C=N–C) groups is 1. The SMILES string of the molecule is CC(C)CC(NC(=O)C(CC(N)=O)NC(=O)C(N)CCCN=C(N)N)C(=O)NC(Cc1cnc[nH]1)C(=O)O. The van der Waals surface area contributed by atoms with E-state index in [1.807, 2.05) is 0 Å². The Morgan fingerprint density at radius 3 is 2.13 bits per heavy atom. The van der Waals surface area contributed by atoms with E-state index in [2.05, 4.69) is 30.9 Å². The number of carbonyl (C=O) groups is 5. The molecule has 1 aromatic heterocycles. The van der Waals surface area contributed by atoms with Gasteiger partial charge in [0.05, 0.1) is 18.8 Å². The van der Waals surface area contributed by atoms with Gasteiger partial charge in [-0.3, -0.25) is 24.2 Å². The second-order valence-electron chi connectivity index (χ2n) is 9.16. The molecule has 16 heteroatoms. The maximum absolute atomic E-state index is 13.0. The fourth-order valence-corrected chi connectivity index (χ4v) is 3.40. The quantitative estimate of drug-likeness (QED) is 0.0543. The molecule has 0 aliphatic rings. The van der Waals surface area contributed by atoms with Crippen molar-refractivity contribution in [2.75, 3.05) is 6.54 Å². The van der Waals surface area contributed by atoms with E-state index in [0.717, 1.165) is 0 Å². The number of hydrogen-bond donors (Lipinski definition) is 9. The highest BCUT2D eigenvalue weighted by atomic mass is 16.4. The molecule has 0 aliphatic heterocycles. The number of hydrogen-bond acceptors (Lipinski definition) is 8. The summed E-state index contributed by atoms with van der Waals surface area (Å²) in [5.74, 6) is -4.66. The number of imidazole rings is 1. The van der Waals surface area contributed by atoms with E-state index >= 15 is 0 Å². The van der Waals surface area contributed by atoms with Crippen LogP contribution in [-0.2, 0) is 30.4 Å². The molecule has 38 heavy (non-hydrogen) atoms. The summed E-state index contributed by atoms with van der Waals surface area (Å²) in [6.07, 6.45) is 2.92. The number of amides is 4. The van der Waals surface area contributed by atoms with Crippen molar-refractivity contribution in [2.24, 2.45) is 33.8 Å². The van der Waals surface area contributed by atoms with Crippen molar-refractivity contribution in [3.63, 3.8) is 0 Å². The maximum atomic E-state index is 13.0. The van der Waals surface area contributed by atoms with Crippen LogP contribution in [0.25, 0.3) is 0 Å². The molecular formula is C22H38N10O6. The zero-order valence-corrected chi connectivity index (χ0v) is 21.5. The van der Waals surface area contributed by atoms with Crippen molar-refractivity contribution < 1.29 is 29.1 Å². The normalized spacial score (nSPS) is 14.0. The summed E-state index contributed by atoms with van der Waals surface area (Å²) in [6, 6.07) is -4.90. The van der Waals surface area contributed by atoms with E-state index in [9.17, 15) is 29.1 Å². The lowest BCUT2D eigenvalue weighted by atomic mass is 10.0. The molecule has 0 bridgehead atoms. The molecule has 1 rings (SSSR count). The molecule has 0 saturated heterocycles. The van der Waals surface area contributed by atoms with Crippen LogP contribution in [0.5, 0.6) is 0 Å². The summed E-state index contributed by atoms with van der Waals surface area (Å²) in [5.41, 5.74) is 22.1. The van der Waals surface area contributed by atoms with Gasteiger partial charge in [0.2, 0.25) is 23.6 Å². The summed E-state index contributed by atoms with van der Waals surface area (Å²) < 4.78 is 0. The number of nitrogens with zero attached hydrogens (tertiary/aromatic N) is 2. The Hall–Kier alpha value is -4.21. The Morgan fingerprint density at radius 2 is 1.61 bits per heavy atom. The minimum atomic E-state index is -1.41. The Labute approximate surface area is 219 Å². The molecule has 0 spiro atoms. The lowest BCUT2D eigenvalue weighted by Gasteiger charge is -2.25. The number of nitrogens with one attached hydrogen (secondary N) is 4. The lowest BCUT2D eigenvalue weighted by molar-refractivity contribution is -0.142. The second-order valence-corrected chi connectivity index (χ2v) is 9.16. The smallest absolute Gasteiger partial charge is 0.326 e. The van der Waals surface area contributed by atoms with Crippen molar-refractivity contribution in [1.82, 2.24) is 25.9 Å². The van der Waals surface area contributed by atoms with Gasteiger partial charge in [0.1, 0.15) is 18.1 Å². The molecule has 13 N–H and O–H groups in total. The molecule has 0 aliphatic carbocycles. The topological polar surface area (TPSA) is 287 Å². The number of carboxylic acids is 1. The van der Waals surface area contributed by atoms with Crippen LogP contribution in [0.1, 0.15) is 45.2 Å². The molecule has 16 nitrogen and oxygen atoms in total. The third-order valence-electron chi connectivity index (χ3n) is 5.28. The molecule has 4 unspecified atom stereocenters. The van der Waals surface area contributed by atoms with Gasteiger partial charge in [0, 0.05) is 24.9 Å². The van der Waals surface area contributed by atoms with Gasteiger partial charge in [-0.15, -0.1) is 0 Å². The molecule has 0 radical (unpaired) electrons. The van der Waals surface area contributed by atoms with Crippen LogP contribution >= 0.6 is 0 Å². The predicted molar refractivity (Wildman–Crippen MR) is 137 cm³/mol. The first-order valence-corrected chi connectivity index (χ1v) is 12.0. The van der Waals surface area contributed by atoms with E-state index in [1.165, 1.54) is 12.5 Å². The molecule has 1 aromatic rings. The van der Waals surface area contributed by atoms with E-state index in [4.69, 9.17) is 22.9 Å². The van der Waals surface area contributed by atoms with E-state index in [-0.39, 0.29) is 37.7 Å². The Bertz CT molecular complexity index is 977. The Morgan fingerprint density at radius 1 is 1.00 bits per heavy atom. The molecule has 1 heterocycles. The molecule has 0 aromatic carbocycles. The molecule has 0 saturated carbocycles. The minimum Gasteiger partial charge on any atom is -0.480 e. The Kier molecular flexibility index (Phi) is 13.2. The number of aromatic nitrogens is 2. The fourth-order valence-electron chi connectivity index (χ4n) is 3.40. The van der Waals surface area contributed by atoms with Crippen molar-refractivity contribution in [3.05, 3.63) is 18.2 Å². The van der Waals surface area contributed by atoms with Crippen LogP contribution < -0.4 is 38.9 Å². The molecule has 0 fully saturated rings. The number of nitrogens with two attached hydrogens (primary N) is 4. The first-order chi connectivity index (χ1) is 17.8. The van der Waals surface area contributed by atoms with Gasteiger partial charge in [-0.05, 0) is 25.2 Å². The Balaban J connectivity index is 2.92. The van der Waals surface area contributed by atoms with Crippen molar-refractivity contribution in [1.29, 1.82) is 0 Å². The standard InChI is InChI=1S/C22H38N10O6/c1-11(2)6-14(19(35)32-16(21(37)38)7-12-9-27-10-29-12)31-20(36)15(8-17(24)33)30-18(34)13(23)4-3-5-28-22(25)26/h9-11,13-16H,3-8,23H2,1-2H3,(H2,24,33)(H,27,29)(H,30,34)(H,31,36)(H,32,35)(H,37,38)(H4,25,26,28). The zero-order valence-electron chi connectivity index (χ0n) is 21.5. The second kappa shape index (κ2) is 15.8. The number of aromatic amines is 1. The number of carboxylic acid groups (broad SMARTS) is 1. The van der Waals surface area contributed by atoms with Crippen LogP contribution in [0.4, 0.5) is 0 Å². The fraction of sp³-hybridized carbons (Fsp3) is 0.591. The van der Waals surface area contributed by atoms with E-state index in [1.54, 1.807) is 13.8 Å². The van der Waals surface area contributed by atoms with Crippen LogP contribution in [0.15, 0.2) is 17.5 Å². The van der Waals surface area contributed by atoms with Crippen LogP contribution in [-0.4, -0.2) is 81.3 Å². The third-order valence-corrected chi connectivity index (χ3v) is 5.28. The zero-order chi connectivity index (χ0) is 28.8. The van der Waals surface area contributed by atoms with Crippen molar-refractivity contribution in [2.45, 2.75) is 70.1 Å². The van der Waals surface area contributed by atoms with Gasteiger partial charge in [-0.1, -0.05) is 13.8 Å². The van der Waals surface area contributed by atoms with E-state index in [0.29, 0.717) is 12.1 Å². The third kappa shape index (κ3) is 12.2. The lowest BCUT2D eigenvalue weighted by Crippen LogP contribution is -2.58. The summed E-state index contributed by atoms with van der Waals surface area (Å²) in [5, 5.41) is 16.8.